The van der Waals surface area contributed by atoms with E-state index in [1.54, 1.807) is 7.11 Å². The van der Waals surface area contributed by atoms with Crippen LogP contribution >= 0.6 is 0 Å². The summed E-state index contributed by atoms with van der Waals surface area (Å²) in [7, 11) is 1.63. The van der Waals surface area contributed by atoms with Crippen molar-refractivity contribution in [1.82, 2.24) is 14.0 Å². The molecule has 7 rings (SSSR count). The van der Waals surface area contributed by atoms with Gasteiger partial charge in [-0.15, -0.1) is 0 Å². The zero-order chi connectivity index (χ0) is 22.9. The average molecular weight is 449 g/mol. The number of carbonyl (C=O) groups excluding carboxylic acids is 1. The molecule has 6 nitrogen and oxygen atoms in total. The lowest BCUT2D eigenvalue weighted by Crippen LogP contribution is -2.42. The fourth-order valence-corrected chi connectivity index (χ4v) is 5.88. The van der Waals surface area contributed by atoms with Crippen LogP contribution in [0.15, 0.2) is 72.9 Å². The summed E-state index contributed by atoms with van der Waals surface area (Å²) in [5.41, 5.74) is 5.98. The zero-order valence-corrected chi connectivity index (χ0v) is 18.9. The van der Waals surface area contributed by atoms with Gasteiger partial charge < -0.3 is 14.5 Å². The molecular weight excluding hydrogens is 424 g/mol. The Balaban J connectivity index is 1.54. The first-order valence-corrected chi connectivity index (χ1v) is 11.8. The van der Waals surface area contributed by atoms with Crippen LogP contribution in [0.3, 0.4) is 0 Å². The third-order valence-electron chi connectivity index (χ3n) is 7.41. The molecule has 5 aromatic rings. The van der Waals surface area contributed by atoms with Gasteiger partial charge in [-0.1, -0.05) is 18.2 Å². The number of hydrogen-bond donors (Lipinski definition) is 1. The van der Waals surface area contributed by atoms with Crippen LogP contribution in [0, 0.1) is 0 Å². The number of anilines is 1. The van der Waals surface area contributed by atoms with E-state index in [4.69, 9.17) is 9.72 Å². The molecule has 168 valence electrons. The Morgan fingerprint density at radius 1 is 0.971 bits per heavy atom. The largest absolute Gasteiger partial charge is 0.497 e. The Labute approximate surface area is 196 Å². The summed E-state index contributed by atoms with van der Waals surface area (Å²) in [6, 6.07) is 21.7. The van der Waals surface area contributed by atoms with Crippen molar-refractivity contribution in [2.75, 3.05) is 12.4 Å². The number of benzene rings is 2. The molecule has 1 N–H and O–H groups in total. The molecule has 0 saturated heterocycles. The lowest BCUT2D eigenvalue weighted by atomic mass is 9.99. The van der Waals surface area contributed by atoms with Gasteiger partial charge in [0.25, 0.3) is 0 Å². The first-order chi connectivity index (χ1) is 16.7. The normalized spacial score (nSPS) is 15.9. The number of pyridine rings is 1. The summed E-state index contributed by atoms with van der Waals surface area (Å²) >= 11 is 0. The molecule has 0 unspecified atom stereocenters. The van der Waals surface area contributed by atoms with Crippen LogP contribution in [0.25, 0.3) is 27.9 Å². The monoisotopic (exact) mass is 448 g/mol. The average Bonchev–Trinajstić information content (AvgIpc) is 3.58. The molecule has 0 bridgehead atoms. The Morgan fingerprint density at radius 3 is 2.50 bits per heavy atom. The van der Waals surface area contributed by atoms with Crippen LogP contribution in [0.5, 0.6) is 5.75 Å². The lowest BCUT2D eigenvalue weighted by Gasteiger charge is -2.38. The summed E-state index contributed by atoms with van der Waals surface area (Å²) in [6.07, 6.45) is 6.26. The van der Waals surface area contributed by atoms with Gasteiger partial charge in [0, 0.05) is 11.8 Å². The van der Waals surface area contributed by atoms with Crippen LogP contribution in [-0.2, 0) is 5.66 Å². The van der Waals surface area contributed by atoms with E-state index in [1.165, 1.54) is 0 Å². The molecule has 0 radical (unpaired) electrons. The summed E-state index contributed by atoms with van der Waals surface area (Å²) in [5, 5.41) is 3.89. The summed E-state index contributed by atoms with van der Waals surface area (Å²) in [5.74, 6) is 1.65. The van der Waals surface area contributed by atoms with Gasteiger partial charge in [-0.05, 0) is 74.2 Å². The molecule has 1 aliphatic heterocycles. The van der Waals surface area contributed by atoms with E-state index in [-0.39, 0.29) is 11.4 Å². The predicted octanol–water partition coefficient (Wildman–Crippen LogP) is 5.85. The smallest absolute Gasteiger partial charge is 0.211 e. The molecule has 2 aromatic carbocycles. The minimum absolute atomic E-state index is 0.0182. The lowest BCUT2D eigenvalue weighted by molar-refractivity contribution is 0.103. The number of fused-ring (bicyclic) bond motifs is 8. The van der Waals surface area contributed by atoms with E-state index in [0.717, 1.165) is 65.1 Å². The van der Waals surface area contributed by atoms with Crippen molar-refractivity contribution in [3.63, 3.8) is 0 Å². The van der Waals surface area contributed by atoms with Crippen molar-refractivity contribution >= 4 is 28.0 Å². The topological polar surface area (TPSA) is 60.6 Å². The molecule has 1 fully saturated rings. The number of nitrogens with one attached hydrogen (secondary N) is 1. The fraction of sp³-hybridized carbons (Fsp3) is 0.214. The number of para-hydroxylation sites is 2. The van der Waals surface area contributed by atoms with Crippen molar-refractivity contribution < 1.29 is 9.53 Å². The van der Waals surface area contributed by atoms with E-state index in [2.05, 4.69) is 34.1 Å². The van der Waals surface area contributed by atoms with Crippen LogP contribution in [-0.4, -0.2) is 26.8 Å². The molecule has 0 atom stereocenters. The molecule has 1 spiro atoms. The van der Waals surface area contributed by atoms with Gasteiger partial charge in [-0.3, -0.25) is 9.36 Å². The minimum Gasteiger partial charge on any atom is -0.497 e. The highest BCUT2D eigenvalue weighted by Crippen LogP contribution is 2.51. The number of hydrogen-bond acceptors (Lipinski definition) is 4. The van der Waals surface area contributed by atoms with Crippen LogP contribution in [0.2, 0.25) is 0 Å². The number of ether oxygens (including phenoxy) is 1. The third kappa shape index (κ3) is 2.51. The van der Waals surface area contributed by atoms with E-state index in [9.17, 15) is 4.79 Å². The second kappa shape index (κ2) is 6.97. The molecular formula is C28H24N4O2. The third-order valence-corrected chi connectivity index (χ3v) is 7.41. The molecule has 34 heavy (non-hydrogen) atoms. The number of rotatable bonds is 3. The molecule has 0 amide bonds. The van der Waals surface area contributed by atoms with Crippen molar-refractivity contribution in [3.8, 4) is 17.1 Å². The van der Waals surface area contributed by atoms with Crippen molar-refractivity contribution in [1.29, 1.82) is 0 Å². The Hall–Kier alpha value is -4.06. The number of methoxy groups -OCH3 is 1. The van der Waals surface area contributed by atoms with Crippen LogP contribution in [0.1, 0.15) is 41.7 Å². The van der Waals surface area contributed by atoms with Crippen molar-refractivity contribution in [2.45, 2.75) is 31.3 Å². The number of imidazole rings is 1. The Morgan fingerprint density at radius 2 is 1.71 bits per heavy atom. The second-order valence-electron chi connectivity index (χ2n) is 9.24. The zero-order valence-electron chi connectivity index (χ0n) is 18.9. The maximum atomic E-state index is 14.0. The van der Waals surface area contributed by atoms with Gasteiger partial charge in [-0.2, -0.15) is 0 Å². The minimum atomic E-state index is -0.279. The van der Waals surface area contributed by atoms with Gasteiger partial charge in [0.05, 0.1) is 34.9 Å². The highest BCUT2D eigenvalue weighted by molar-refractivity contribution is 6.16. The van der Waals surface area contributed by atoms with Gasteiger partial charge in [0.1, 0.15) is 22.9 Å². The molecule has 2 aliphatic rings. The van der Waals surface area contributed by atoms with Crippen molar-refractivity contribution in [3.05, 3.63) is 84.2 Å². The summed E-state index contributed by atoms with van der Waals surface area (Å²) in [6.45, 7) is 0. The molecule has 4 heterocycles. The number of ketones is 1. The van der Waals surface area contributed by atoms with Gasteiger partial charge in [-0.25, -0.2) is 4.98 Å². The SMILES string of the molecule is COc1ccc(C(=O)c2c3c(c4ccccn24)-c2nc4ccccc4n2C2(CCCC2)N3)cc1. The fourth-order valence-electron chi connectivity index (χ4n) is 5.88. The molecule has 6 heteroatoms. The number of aromatic nitrogens is 3. The Bertz CT molecular complexity index is 1590. The maximum absolute atomic E-state index is 14.0. The molecule has 3 aromatic heterocycles. The summed E-state index contributed by atoms with van der Waals surface area (Å²) in [4.78, 5) is 19.1. The van der Waals surface area contributed by atoms with E-state index in [0.29, 0.717) is 11.3 Å². The van der Waals surface area contributed by atoms with E-state index < -0.39 is 0 Å². The quantitative estimate of drug-likeness (QED) is 0.352. The predicted molar refractivity (Wildman–Crippen MR) is 133 cm³/mol. The van der Waals surface area contributed by atoms with Gasteiger partial charge >= 0.3 is 0 Å². The maximum Gasteiger partial charge on any atom is 0.211 e. The standard InChI is InChI=1S/C28H24N4O2/c1-34-19-13-11-18(12-14-19)26(33)25-24-23(22-10-4-7-17-31(22)25)27-29-20-8-2-3-9-21(20)32(27)28(30-24)15-5-6-16-28/h2-4,7-14,17,30H,5-6,15-16H2,1H3. The molecule has 1 aliphatic carbocycles. The van der Waals surface area contributed by atoms with Crippen LogP contribution in [0.4, 0.5) is 5.69 Å². The Kier molecular flexibility index (Phi) is 3.98. The first kappa shape index (κ1) is 19.4. The van der Waals surface area contributed by atoms with Crippen molar-refractivity contribution in [2.24, 2.45) is 0 Å². The van der Waals surface area contributed by atoms with Gasteiger partial charge in [0.15, 0.2) is 0 Å². The first-order valence-electron chi connectivity index (χ1n) is 11.8. The molecule has 1 saturated carbocycles. The number of nitrogens with zero attached hydrogens (tertiary/aromatic N) is 3. The van der Waals surface area contributed by atoms with E-state index in [1.807, 2.05) is 53.1 Å². The summed E-state index contributed by atoms with van der Waals surface area (Å²) < 4.78 is 9.70. The number of carbonyl (C=O) groups is 1. The van der Waals surface area contributed by atoms with Crippen LogP contribution < -0.4 is 10.1 Å². The van der Waals surface area contributed by atoms with Gasteiger partial charge in [0.2, 0.25) is 5.78 Å². The van der Waals surface area contributed by atoms with E-state index >= 15 is 0 Å². The highest BCUT2D eigenvalue weighted by atomic mass is 16.5. The second-order valence-corrected chi connectivity index (χ2v) is 9.24. The highest BCUT2D eigenvalue weighted by Gasteiger charge is 2.45.